The molecule has 0 aromatic heterocycles. The summed E-state index contributed by atoms with van der Waals surface area (Å²) in [7, 11) is -3.75. The van der Waals surface area contributed by atoms with Crippen molar-refractivity contribution in [1.29, 1.82) is 0 Å². The molecule has 8 nitrogen and oxygen atoms in total. The SMILES string of the molecule is CCOC(=O)N1CCN(C(=O)c2ccccc2NS(=O)(=O)Cc2ccc(Cl)cc2)CC1. The first-order chi connectivity index (χ1) is 14.8. The van der Waals surface area contributed by atoms with Crippen LogP contribution in [0.25, 0.3) is 0 Å². The van der Waals surface area contributed by atoms with E-state index in [4.69, 9.17) is 16.3 Å². The third-order valence-electron chi connectivity index (χ3n) is 4.79. The Morgan fingerprint density at radius 1 is 1.00 bits per heavy atom. The molecular weight excluding hydrogens is 442 g/mol. The summed E-state index contributed by atoms with van der Waals surface area (Å²) in [5.74, 6) is -0.543. The number of nitrogens with zero attached hydrogens (tertiary/aromatic N) is 2. The molecule has 166 valence electrons. The Kier molecular flexibility index (Phi) is 7.40. The molecule has 1 fully saturated rings. The van der Waals surface area contributed by atoms with Crippen LogP contribution >= 0.6 is 11.6 Å². The molecule has 0 spiro atoms. The highest BCUT2D eigenvalue weighted by Crippen LogP contribution is 2.21. The second-order valence-corrected chi connectivity index (χ2v) is 9.17. The lowest BCUT2D eigenvalue weighted by molar-refractivity contribution is 0.0571. The summed E-state index contributed by atoms with van der Waals surface area (Å²) >= 11 is 5.85. The lowest BCUT2D eigenvalue weighted by atomic mass is 10.1. The van der Waals surface area contributed by atoms with Crippen LogP contribution in [0.4, 0.5) is 10.5 Å². The molecule has 1 heterocycles. The molecule has 1 aliphatic heterocycles. The van der Waals surface area contributed by atoms with Crippen LogP contribution in [0.5, 0.6) is 0 Å². The zero-order chi connectivity index (χ0) is 22.4. The molecule has 10 heteroatoms. The van der Waals surface area contributed by atoms with Crippen molar-refractivity contribution in [2.24, 2.45) is 0 Å². The second-order valence-electron chi connectivity index (χ2n) is 7.01. The van der Waals surface area contributed by atoms with Gasteiger partial charge in [0.15, 0.2) is 0 Å². The number of carbonyl (C=O) groups is 2. The van der Waals surface area contributed by atoms with Gasteiger partial charge in [-0.1, -0.05) is 35.9 Å². The lowest BCUT2D eigenvalue weighted by Crippen LogP contribution is -2.50. The van der Waals surface area contributed by atoms with Crippen LogP contribution in [0.1, 0.15) is 22.8 Å². The molecule has 2 aromatic carbocycles. The molecule has 0 radical (unpaired) electrons. The van der Waals surface area contributed by atoms with Crippen molar-refractivity contribution in [3.05, 3.63) is 64.7 Å². The maximum absolute atomic E-state index is 13.0. The summed E-state index contributed by atoms with van der Waals surface area (Å²) in [5, 5.41) is 0.521. The van der Waals surface area contributed by atoms with Crippen LogP contribution in [0, 0.1) is 0 Å². The molecule has 0 saturated carbocycles. The number of para-hydroxylation sites is 1. The van der Waals surface area contributed by atoms with Crippen molar-refractivity contribution in [1.82, 2.24) is 9.80 Å². The van der Waals surface area contributed by atoms with Crippen molar-refractivity contribution in [2.75, 3.05) is 37.5 Å². The smallest absolute Gasteiger partial charge is 0.409 e. The number of halogens is 1. The van der Waals surface area contributed by atoms with Crippen molar-refractivity contribution in [2.45, 2.75) is 12.7 Å². The van der Waals surface area contributed by atoms with E-state index in [1.165, 1.54) is 0 Å². The van der Waals surface area contributed by atoms with Crippen molar-refractivity contribution in [3.63, 3.8) is 0 Å². The number of sulfonamides is 1. The Balaban J connectivity index is 1.69. The first-order valence-electron chi connectivity index (χ1n) is 9.84. The van der Waals surface area contributed by atoms with E-state index in [2.05, 4.69) is 4.72 Å². The molecule has 0 atom stereocenters. The maximum Gasteiger partial charge on any atom is 0.409 e. The van der Waals surface area contributed by atoms with Gasteiger partial charge in [-0.05, 0) is 36.8 Å². The van der Waals surface area contributed by atoms with Gasteiger partial charge in [0, 0.05) is 31.2 Å². The Morgan fingerprint density at radius 2 is 1.61 bits per heavy atom. The fraction of sp³-hybridized carbons (Fsp3) is 0.333. The average Bonchev–Trinajstić information content (AvgIpc) is 2.75. The Labute approximate surface area is 186 Å². The Morgan fingerprint density at radius 3 is 2.26 bits per heavy atom. The van der Waals surface area contributed by atoms with Crippen molar-refractivity contribution in [3.8, 4) is 0 Å². The monoisotopic (exact) mass is 465 g/mol. The molecule has 0 unspecified atom stereocenters. The molecule has 0 bridgehead atoms. The third-order valence-corrected chi connectivity index (χ3v) is 6.28. The number of rotatable bonds is 6. The first-order valence-corrected chi connectivity index (χ1v) is 11.9. The van der Waals surface area contributed by atoms with Gasteiger partial charge in [-0.2, -0.15) is 0 Å². The molecule has 0 aliphatic carbocycles. The fourth-order valence-corrected chi connectivity index (χ4v) is 4.58. The number of piperazine rings is 1. The second kappa shape index (κ2) is 10.0. The molecule has 2 aromatic rings. The van der Waals surface area contributed by atoms with E-state index in [1.807, 2.05) is 0 Å². The minimum Gasteiger partial charge on any atom is -0.450 e. The van der Waals surface area contributed by atoms with E-state index in [-0.39, 0.29) is 22.9 Å². The van der Waals surface area contributed by atoms with Crippen LogP contribution in [0.2, 0.25) is 5.02 Å². The van der Waals surface area contributed by atoms with Gasteiger partial charge in [-0.3, -0.25) is 9.52 Å². The van der Waals surface area contributed by atoms with E-state index in [9.17, 15) is 18.0 Å². The zero-order valence-electron chi connectivity index (χ0n) is 17.1. The number of benzene rings is 2. The standard InChI is InChI=1S/C21H24ClN3O5S/c1-2-30-21(27)25-13-11-24(12-14-25)20(26)18-5-3-4-6-19(18)23-31(28,29)15-16-7-9-17(22)10-8-16/h3-10,23H,2,11-15H2,1H3. The molecule has 3 rings (SSSR count). The largest absolute Gasteiger partial charge is 0.450 e. The number of hydrogen-bond donors (Lipinski definition) is 1. The number of ether oxygens (including phenoxy) is 1. The maximum atomic E-state index is 13.0. The lowest BCUT2D eigenvalue weighted by Gasteiger charge is -2.34. The minimum atomic E-state index is -3.75. The van der Waals surface area contributed by atoms with E-state index in [0.717, 1.165) is 0 Å². The Bertz CT molecular complexity index is 1040. The zero-order valence-corrected chi connectivity index (χ0v) is 18.7. The van der Waals surface area contributed by atoms with Crippen LogP contribution in [0.3, 0.4) is 0 Å². The molecule has 1 aliphatic rings. The van der Waals surface area contributed by atoms with Crippen LogP contribution < -0.4 is 4.72 Å². The molecule has 31 heavy (non-hydrogen) atoms. The summed E-state index contributed by atoms with van der Waals surface area (Å²) in [6.07, 6.45) is -0.398. The summed E-state index contributed by atoms with van der Waals surface area (Å²) in [6, 6.07) is 13.0. The van der Waals surface area contributed by atoms with Crippen LogP contribution in [-0.4, -0.2) is 63.0 Å². The summed E-state index contributed by atoms with van der Waals surface area (Å²) in [6.45, 7) is 3.42. The summed E-state index contributed by atoms with van der Waals surface area (Å²) in [5.41, 5.74) is 1.05. The van der Waals surface area contributed by atoms with E-state index in [1.54, 1.807) is 65.3 Å². The Hall–Kier alpha value is -2.78. The number of amides is 2. The van der Waals surface area contributed by atoms with Gasteiger partial charge in [0.2, 0.25) is 10.0 Å². The molecule has 1 saturated heterocycles. The highest BCUT2D eigenvalue weighted by atomic mass is 35.5. The van der Waals surface area contributed by atoms with Gasteiger partial charge in [-0.25, -0.2) is 13.2 Å². The summed E-state index contributed by atoms with van der Waals surface area (Å²) in [4.78, 5) is 28.0. The predicted molar refractivity (Wildman–Crippen MR) is 119 cm³/mol. The first kappa shape index (κ1) is 22.9. The predicted octanol–water partition coefficient (Wildman–Crippen LogP) is 3.20. The van der Waals surface area contributed by atoms with Gasteiger partial charge in [-0.15, -0.1) is 0 Å². The van der Waals surface area contributed by atoms with E-state index in [0.29, 0.717) is 43.4 Å². The fourth-order valence-electron chi connectivity index (χ4n) is 3.24. The summed E-state index contributed by atoms with van der Waals surface area (Å²) < 4.78 is 32.8. The quantitative estimate of drug-likeness (QED) is 0.706. The van der Waals surface area contributed by atoms with Crippen LogP contribution in [-0.2, 0) is 20.5 Å². The van der Waals surface area contributed by atoms with E-state index >= 15 is 0 Å². The van der Waals surface area contributed by atoms with Gasteiger partial charge in [0.1, 0.15) is 0 Å². The van der Waals surface area contributed by atoms with Gasteiger partial charge >= 0.3 is 6.09 Å². The number of hydrogen-bond acceptors (Lipinski definition) is 5. The molecular formula is C21H24ClN3O5S. The topological polar surface area (TPSA) is 96.0 Å². The van der Waals surface area contributed by atoms with Gasteiger partial charge in [0.25, 0.3) is 5.91 Å². The number of carbonyl (C=O) groups excluding carboxylic acids is 2. The van der Waals surface area contributed by atoms with E-state index < -0.39 is 16.1 Å². The normalized spacial score (nSPS) is 14.3. The van der Waals surface area contributed by atoms with Gasteiger partial charge < -0.3 is 14.5 Å². The minimum absolute atomic E-state index is 0.217. The van der Waals surface area contributed by atoms with Crippen molar-refractivity contribution >= 4 is 39.3 Å². The van der Waals surface area contributed by atoms with Crippen molar-refractivity contribution < 1.29 is 22.7 Å². The van der Waals surface area contributed by atoms with Gasteiger partial charge in [0.05, 0.1) is 23.6 Å². The number of nitrogens with one attached hydrogen (secondary N) is 1. The highest BCUT2D eigenvalue weighted by molar-refractivity contribution is 7.91. The molecule has 1 N–H and O–H groups in total. The van der Waals surface area contributed by atoms with Crippen LogP contribution in [0.15, 0.2) is 48.5 Å². The molecule has 2 amide bonds. The number of anilines is 1. The third kappa shape index (κ3) is 6.11. The highest BCUT2D eigenvalue weighted by Gasteiger charge is 2.27. The average molecular weight is 466 g/mol.